The molecule has 4 rings (SSSR count). The molecule has 0 aliphatic heterocycles. The third-order valence-electron chi connectivity index (χ3n) is 4.50. The van der Waals surface area contributed by atoms with Crippen LogP contribution in [-0.2, 0) is 6.54 Å². The molecule has 0 saturated heterocycles. The van der Waals surface area contributed by atoms with Crippen LogP contribution in [0.2, 0.25) is 10.0 Å². The molecule has 0 atom stereocenters. The molecule has 0 aliphatic rings. The Morgan fingerprint density at radius 3 is 2.32 bits per heavy atom. The molecule has 0 fully saturated rings. The number of pyridine rings is 2. The van der Waals surface area contributed by atoms with Gasteiger partial charge in [-0.1, -0.05) is 35.3 Å². The van der Waals surface area contributed by atoms with Gasteiger partial charge in [0.25, 0.3) is 0 Å². The maximum absolute atomic E-state index is 13.0. The Morgan fingerprint density at radius 1 is 0.929 bits per heavy atom. The van der Waals surface area contributed by atoms with Gasteiger partial charge in [0.2, 0.25) is 5.43 Å². The molecule has 4 aromatic rings. The molecule has 0 amide bonds. The highest BCUT2D eigenvalue weighted by molar-refractivity contribution is 6.31. The fourth-order valence-electron chi connectivity index (χ4n) is 3.11. The first-order valence-corrected chi connectivity index (χ1v) is 9.30. The van der Waals surface area contributed by atoms with Gasteiger partial charge in [-0.25, -0.2) is 0 Å². The molecule has 0 spiro atoms. The van der Waals surface area contributed by atoms with Crippen LogP contribution in [0.25, 0.3) is 10.9 Å². The van der Waals surface area contributed by atoms with E-state index in [4.69, 9.17) is 23.2 Å². The van der Waals surface area contributed by atoms with Crippen LogP contribution in [0.1, 0.15) is 21.5 Å². The molecule has 2 aromatic heterocycles. The topological polar surface area (TPSA) is 52.0 Å². The number of ketones is 1. The van der Waals surface area contributed by atoms with E-state index in [-0.39, 0.29) is 16.8 Å². The molecule has 4 nitrogen and oxygen atoms in total. The predicted molar refractivity (Wildman–Crippen MR) is 111 cm³/mol. The molecule has 0 N–H and O–H groups in total. The minimum Gasteiger partial charge on any atom is -0.342 e. The van der Waals surface area contributed by atoms with Crippen LogP contribution in [0.4, 0.5) is 0 Å². The largest absolute Gasteiger partial charge is 0.342 e. The SMILES string of the molecule is O=C(c1ccncc1)c1cn(Cc2ccc(Cl)cc2)c2ccc(Cl)cc2c1=O. The van der Waals surface area contributed by atoms with Crippen molar-refractivity contribution in [2.45, 2.75) is 6.54 Å². The molecule has 0 unspecified atom stereocenters. The minimum absolute atomic E-state index is 0.0925. The van der Waals surface area contributed by atoms with E-state index >= 15 is 0 Å². The highest BCUT2D eigenvalue weighted by Gasteiger charge is 2.17. The lowest BCUT2D eigenvalue weighted by molar-refractivity contribution is 0.103. The average molecular weight is 409 g/mol. The third kappa shape index (κ3) is 3.57. The van der Waals surface area contributed by atoms with Crippen LogP contribution < -0.4 is 5.43 Å². The van der Waals surface area contributed by atoms with Crippen LogP contribution in [0.15, 0.2) is 78.0 Å². The lowest BCUT2D eigenvalue weighted by atomic mass is 10.0. The number of benzene rings is 2. The van der Waals surface area contributed by atoms with Crippen LogP contribution in [0, 0.1) is 0 Å². The Kier molecular flexibility index (Phi) is 4.99. The quantitative estimate of drug-likeness (QED) is 0.447. The smallest absolute Gasteiger partial charge is 0.200 e. The van der Waals surface area contributed by atoms with Gasteiger partial charge in [0, 0.05) is 46.1 Å². The Labute approximate surface area is 171 Å². The maximum Gasteiger partial charge on any atom is 0.200 e. The molecule has 6 heteroatoms. The van der Waals surface area contributed by atoms with Crippen LogP contribution in [0.5, 0.6) is 0 Å². The van der Waals surface area contributed by atoms with Gasteiger partial charge in [0.1, 0.15) is 0 Å². The van der Waals surface area contributed by atoms with E-state index in [0.29, 0.717) is 33.1 Å². The first kappa shape index (κ1) is 18.4. The summed E-state index contributed by atoms with van der Waals surface area (Å²) in [5, 5.41) is 1.49. The van der Waals surface area contributed by atoms with Crippen LogP contribution in [0.3, 0.4) is 0 Å². The summed E-state index contributed by atoms with van der Waals surface area (Å²) in [7, 11) is 0. The summed E-state index contributed by atoms with van der Waals surface area (Å²) < 4.78 is 1.88. The Morgan fingerprint density at radius 2 is 1.61 bits per heavy atom. The fourth-order valence-corrected chi connectivity index (χ4v) is 3.41. The van der Waals surface area contributed by atoms with Crippen molar-refractivity contribution in [1.29, 1.82) is 0 Å². The standard InChI is InChI=1S/C22H14Cl2N2O2/c23-16-3-1-14(2-4-16)12-26-13-19(21(27)15-7-9-25-10-8-15)22(28)18-11-17(24)5-6-20(18)26/h1-11,13H,12H2. The molecule has 0 aliphatic carbocycles. The van der Waals surface area contributed by atoms with E-state index in [1.165, 1.54) is 12.4 Å². The Hall–Kier alpha value is -2.95. The van der Waals surface area contributed by atoms with Gasteiger partial charge in [-0.15, -0.1) is 0 Å². The van der Waals surface area contributed by atoms with E-state index in [1.54, 1.807) is 36.5 Å². The third-order valence-corrected chi connectivity index (χ3v) is 4.98. The Balaban J connectivity index is 1.91. The molecule has 138 valence electrons. The highest BCUT2D eigenvalue weighted by atomic mass is 35.5. The molecule has 0 bridgehead atoms. The summed E-state index contributed by atoms with van der Waals surface area (Å²) >= 11 is 12.1. The average Bonchev–Trinajstić information content (AvgIpc) is 2.72. The highest BCUT2D eigenvalue weighted by Crippen LogP contribution is 2.20. The number of carbonyl (C=O) groups excluding carboxylic acids is 1. The molecule has 2 aromatic carbocycles. The number of rotatable bonds is 4. The van der Waals surface area contributed by atoms with Crippen LogP contribution >= 0.6 is 23.2 Å². The first-order valence-electron chi connectivity index (χ1n) is 8.55. The van der Waals surface area contributed by atoms with Crippen LogP contribution in [-0.4, -0.2) is 15.3 Å². The molecular formula is C22H14Cl2N2O2. The van der Waals surface area contributed by atoms with E-state index in [1.807, 2.05) is 28.8 Å². The summed E-state index contributed by atoms with van der Waals surface area (Å²) in [6, 6.07) is 15.7. The van der Waals surface area contributed by atoms with E-state index in [9.17, 15) is 9.59 Å². The van der Waals surface area contributed by atoms with E-state index < -0.39 is 0 Å². The normalized spacial score (nSPS) is 10.9. The summed E-state index contributed by atoms with van der Waals surface area (Å²) in [5.41, 5.74) is 1.86. The lowest BCUT2D eigenvalue weighted by Gasteiger charge is -2.14. The Bertz CT molecular complexity index is 1230. The number of fused-ring (bicyclic) bond motifs is 1. The lowest BCUT2D eigenvalue weighted by Crippen LogP contribution is -2.20. The minimum atomic E-state index is -0.348. The van der Waals surface area contributed by atoms with Crippen molar-refractivity contribution in [2.24, 2.45) is 0 Å². The number of halogens is 2. The summed E-state index contributed by atoms with van der Waals surface area (Å²) in [6.07, 6.45) is 4.66. The van der Waals surface area contributed by atoms with Crippen molar-refractivity contribution in [1.82, 2.24) is 9.55 Å². The van der Waals surface area contributed by atoms with E-state index in [2.05, 4.69) is 4.98 Å². The van der Waals surface area contributed by atoms with Gasteiger partial charge < -0.3 is 4.57 Å². The molecule has 28 heavy (non-hydrogen) atoms. The van der Waals surface area contributed by atoms with Gasteiger partial charge in [-0.3, -0.25) is 14.6 Å². The monoisotopic (exact) mass is 408 g/mol. The molecule has 0 saturated carbocycles. The van der Waals surface area contributed by atoms with Gasteiger partial charge in [0.05, 0.1) is 11.1 Å². The molecular weight excluding hydrogens is 395 g/mol. The molecule has 2 heterocycles. The number of nitrogens with zero attached hydrogens (tertiary/aromatic N) is 2. The van der Waals surface area contributed by atoms with Crippen molar-refractivity contribution < 1.29 is 4.79 Å². The predicted octanol–water partition coefficient (Wildman–Crippen LogP) is 4.98. The summed E-state index contributed by atoms with van der Waals surface area (Å²) in [5.74, 6) is -0.348. The fraction of sp³-hybridized carbons (Fsp3) is 0.0455. The van der Waals surface area contributed by atoms with Crippen molar-refractivity contribution in [3.8, 4) is 0 Å². The maximum atomic E-state index is 13.0. The second-order valence-corrected chi connectivity index (χ2v) is 7.23. The van der Waals surface area contributed by atoms with Gasteiger partial charge in [0.15, 0.2) is 5.78 Å². The van der Waals surface area contributed by atoms with Crippen molar-refractivity contribution in [2.75, 3.05) is 0 Å². The van der Waals surface area contributed by atoms with Gasteiger partial charge in [-0.2, -0.15) is 0 Å². The van der Waals surface area contributed by atoms with Crippen molar-refractivity contribution in [3.05, 3.63) is 110 Å². The zero-order valence-electron chi connectivity index (χ0n) is 14.6. The summed E-state index contributed by atoms with van der Waals surface area (Å²) in [4.78, 5) is 29.9. The van der Waals surface area contributed by atoms with Crippen molar-refractivity contribution in [3.63, 3.8) is 0 Å². The van der Waals surface area contributed by atoms with Gasteiger partial charge in [-0.05, 0) is 48.0 Å². The molecule has 0 radical (unpaired) electrons. The number of aromatic nitrogens is 2. The number of carbonyl (C=O) groups is 1. The first-order chi connectivity index (χ1) is 13.5. The zero-order valence-corrected chi connectivity index (χ0v) is 16.1. The second-order valence-electron chi connectivity index (χ2n) is 6.35. The van der Waals surface area contributed by atoms with Crippen molar-refractivity contribution >= 4 is 39.9 Å². The number of hydrogen-bond acceptors (Lipinski definition) is 3. The summed E-state index contributed by atoms with van der Waals surface area (Å²) in [6.45, 7) is 0.478. The van der Waals surface area contributed by atoms with Gasteiger partial charge >= 0.3 is 0 Å². The second kappa shape index (κ2) is 7.58. The zero-order chi connectivity index (χ0) is 19.7. The number of hydrogen-bond donors (Lipinski definition) is 0. The van der Waals surface area contributed by atoms with E-state index in [0.717, 1.165) is 5.56 Å².